The number of halogens is 4. The first-order valence-electron chi connectivity index (χ1n) is 8.82. The zero-order chi connectivity index (χ0) is 21.5. The Morgan fingerprint density at radius 1 is 0.800 bits per heavy atom. The first kappa shape index (κ1) is 19.6. The largest absolute Gasteiger partial charge is 0.457 e. The lowest BCUT2D eigenvalue weighted by molar-refractivity contribution is -0.137. The maximum atomic E-state index is 13.5. The van der Waals surface area contributed by atoms with Gasteiger partial charge in [-0.05, 0) is 42.0 Å². The Labute approximate surface area is 168 Å². The summed E-state index contributed by atoms with van der Waals surface area (Å²) in [6, 6.07) is 14.5. The molecular formula is C22H13F4NO3. The van der Waals surface area contributed by atoms with Gasteiger partial charge in [-0.25, -0.2) is 4.39 Å². The molecule has 0 saturated carbocycles. The number of alkyl halides is 3. The molecule has 4 nitrogen and oxygen atoms in total. The summed E-state index contributed by atoms with van der Waals surface area (Å²) >= 11 is 0. The van der Waals surface area contributed by atoms with Crippen LogP contribution in [-0.2, 0) is 12.7 Å². The number of nitrogens with zero attached hydrogens (tertiary/aromatic N) is 1. The van der Waals surface area contributed by atoms with Crippen LogP contribution in [0.5, 0.6) is 11.5 Å². The van der Waals surface area contributed by atoms with Gasteiger partial charge in [-0.1, -0.05) is 24.3 Å². The predicted octanol–water partition coefficient (Wildman–Crippen LogP) is 5.43. The monoisotopic (exact) mass is 415 g/mol. The smallest absolute Gasteiger partial charge is 0.416 e. The molecule has 2 amide bonds. The summed E-state index contributed by atoms with van der Waals surface area (Å²) < 4.78 is 57.3. The van der Waals surface area contributed by atoms with Crippen LogP contribution in [0.3, 0.4) is 0 Å². The Bertz CT molecular complexity index is 1100. The van der Waals surface area contributed by atoms with E-state index in [0.717, 1.165) is 11.0 Å². The summed E-state index contributed by atoms with van der Waals surface area (Å²) in [5, 5.41) is 0. The number of carbonyl (C=O) groups is 2. The lowest BCUT2D eigenvalue weighted by Gasteiger charge is -2.14. The number of imide groups is 1. The van der Waals surface area contributed by atoms with Gasteiger partial charge in [-0.3, -0.25) is 14.5 Å². The summed E-state index contributed by atoms with van der Waals surface area (Å²) in [5.74, 6) is -1.97. The van der Waals surface area contributed by atoms with E-state index in [1.807, 2.05) is 0 Å². The van der Waals surface area contributed by atoms with Crippen LogP contribution in [0.1, 0.15) is 31.8 Å². The van der Waals surface area contributed by atoms with Crippen molar-refractivity contribution >= 4 is 11.8 Å². The van der Waals surface area contributed by atoms with E-state index in [1.165, 1.54) is 12.1 Å². The molecule has 3 aromatic rings. The Morgan fingerprint density at radius 3 is 1.97 bits per heavy atom. The van der Waals surface area contributed by atoms with Crippen LogP contribution in [0, 0.1) is 5.82 Å². The number of carbonyl (C=O) groups excluding carboxylic acids is 2. The van der Waals surface area contributed by atoms with Gasteiger partial charge in [0.05, 0.1) is 23.2 Å². The molecule has 0 aromatic heterocycles. The first-order chi connectivity index (χ1) is 14.2. The van der Waals surface area contributed by atoms with Crippen LogP contribution in [-0.4, -0.2) is 16.7 Å². The topological polar surface area (TPSA) is 46.6 Å². The second-order valence-electron chi connectivity index (χ2n) is 6.66. The van der Waals surface area contributed by atoms with Crippen molar-refractivity contribution in [2.75, 3.05) is 0 Å². The van der Waals surface area contributed by atoms with Crippen molar-refractivity contribution in [3.63, 3.8) is 0 Å². The van der Waals surface area contributed by atoms with Crippen molar-refractivity contribution in [2.45, 2.75) is 12.7 Å². The zero-order valence-corrected chi connectivity index (χ0v) is 15.2. The van der Waals surface area contributed by atoms with E-state index in [2.05, 4.69) is 0 Å². The van der Waals surface area contributed by atoms with Crippen LogP contribution < -0.4 is 4.74 Å². The molecule has 30 heavy (non-hydrogen) atoms. The molecule has 1 aliphatic rings. The van der Waals surface area contributed by atoms with Gasteiger partial charge < -0.3 is 4.74 Å². The molecule has 0 unspecified atom stereocenters. The number of fused-ring (bicyclic) bond motifs is 1. The number of amides is 2. The van der Waals surface area contributed by atoms with Crippen molar-refractivity contribution in [3.05, 3.63) is 94.8 Å². The summed E-state index contributed by atoms with van der Waals surface area (Å²) in [5.41, 5.74) is 0.148. The molecule has 152 valence electrons. The van der Waals surface area contributed by atoms with E-state index >= 15 is 0 Å². The predicted molar refractivity (Wildman–Crippen MR) is 98.6 cm³/mol. The Kier molecular flexibility index (Phi) is 4.77. The van der Waals surface area contributed by atoms with Gasteiger partial charge in [0, 0.05) is 6.07 Å². The summed E-state index contributed by atoms with van der Waals surface area (Å²) in [4.78, 5) is 25.9. The third kappa shape index (κ3) is 3.76. The fourth-order valence-electron chi connectivity index (χ4n) is 3.15. The third-order valence-electron chi connectivity index (χ3n) is 4.58. The average Bonchev–Trinajstić information content (AvgIpc) is 2.93. The highest BCUT2D eigenvalue weighted by Gasteiger charge is 2.35. The maximum absolute atomic E-state index is 13.5. The molecule has 0 saturated heterocycles. The number of hydrogen-bond acceptors (Lipinski definition) is 3. The maximum Gasteiger partial charge on any atom is 0.416 e. The van der Waals surface area contributed by atoms with Gasteiger partial charge in [0.2, 0.25) is 0 Å². The zero-order valence-electron chi connectivity index (χ0n) is 15.2. The van der Waals surface area contributed by atoms with Gasteiger partial charge in [0.1, 0.15) is 17.3 Å². The van der Waals surface area contributed by atoms with E-state index < -0.39 is 29.4 Å². The fourth-order valence-corrected chi connectivity index (χ4v) is 3.15. The summed E-state index contributed by atoms with van der Waals surface area (Å²) in [7, 11) is 0. The van der Waals surface area contributed by atoms with Gasteiger partial charge in [-0.15, -0.1) is 0 Å². The van der Waals surface area contributed by atoms with Gasteiger partial charge in [-0.2, -0.15) is 13.2 Å². The standard InChI is InChI=1S/C22H13F4NO3/c23-15-9-14(22(24,25)26)10-17(11-15)30-16-7-5-13(6-8-16)12-27-20(28)18-3-1-2-4-19(18)21(27)29/h1-11H,12H2. The summed E-state index contributed by atoms with van der Waals surface area (Å²) in [6.07, 6.45) is -4.70. The van der Waals surface area contributed by atoms with E-state index in [4.69, 9.17) is 4.74 Å². The van der Waals surface area contributed by atoms with E-state index in [9.17, 15) is 27.2 Å². The number of hydrogen-bond donors (Lipinski definition) is 0. The third-order valence-corrected chi connectivity index (χ3v) is 4.58. The van der Waals surface area contributed by atoms with Crippen molar-refractivity contribution in [2.24, 2.45) is 0 Å². The van der Waals surface area contributed by atoms with Crippen molar-refractivity contribution in [1.29, 1.82) is 0 Å². The second-order valence-corrected chi connectivity index (χ2v) is 6.66. The minimum atomic E-state index is -4.70. The first-order valence-corrected chi connectivity index (χ1v) is 8.82. The molecule has 4 rings (SSSR count). The summed E-state index contributed by atoms with van der Waals surface area (Å²) in [6.45, 7) is 0.0326. The van der Waals surface area contributed by atoms with Crippen molar-refractivity contribution < 1.29 is 31.9 Å². The quantitative estimate of drug-likeness (QED) is 0.422. The molecule has 0 fully saturated rings. The van der Waals surface area contributed by atoms with Gasteiger partial charge >= 0.3 is 6.18 Å². The number of rotatable bonds is 4. The second kappa shape index (κ2) is 7.29. The lowest BCUT2D eigenvalue weighted by atomic mass is 10.1. The van der Waals surface area contributed by atoms with Gasteiger partial charge in [0.15, 0.2) is 0 Å². The number of benzene rings is 3. The Hall–Kier alpha value is -3.68. The average molecular weight is 415 g/mol. The molecule has 0 radical (unpaired) electrons. The highest BCUT2D eigenvalue weighted by Crippen LogP contribution is 2.34. The van der Waals surface area contributed by atoms with E-state index in [-0.39, 0.29) is 18.0 Å². The van der Waals surface area contributed by atoms with Crippen LogP contribution in [0.15, 0.2) is 66.7 Å². The molecule has 8 heteroatoms. The van der Waals surface area contributed by atoms with E-state index in [0.29, 0.717) is 28.8 Å². The minimum absolute atomic E-state index is 0.0326. The molecule has 0 N–H and O–H groups in total. The van der Waals surface area contributed by atoms with Crippen LogP contribution >= 0.6 is 0 Å². The number of ether oxygens (including phenoxy) is 1. The molecule has 0 aliphatic carbocycles. The molecule has 1 aliphatic heterocycles. The SMILES string of the molecule is O=C1c2ccccc2C(=O)N1Cc1ccc(Oc2cc(F)cc(C(F)(F)F)c2)cc1. The van der Waals surface area contributed by atoms with Crippen molar-refractivity contribution in [3.8, 4) is 11.5 Å². The van der Waals surface area contributed by atoms with Crippen LogP contribution in [0.4, 0.5) is 17.6 Å². The Balaban J connectivity index is 1.49. The molecular weight excluding hydrogens is 402 g/mol. The highest BCUT2D eigenvalue weighted by atomic mass is 19.4. The molecule has 1 heterocycles. The Morgan fingerprint density at radius 2 is 1.40 bits per heavy atom. The minimum Gasteiger partial charge on any atom is -0.457 e. The lowest BCUT2D eigenvalue weighted by Crippen LogP contribution is -2.29. The normalized spacial score (nSPS) is 13.5. The molecule has 3 aromatic carbocycles. The van der Waals surface area contributed by atoms with Gasteiger partial charge in [0.25, 0.3) is 11.8 Å². The highest BCUT2D eigenvalue weighted by molar-refractivity contribution is 6.21. The fraction of sp³-hybridized carbons (Fsp3) is 0.0909. The van der Waals surface area contributed by atoms with E-state index in [1.54, 1.807) is 36.4 Å². The molecule has 0 bridgehead atoms. The van der Waals surface area contributed by atoms with Crippen LogP contribution in [0.25, 0.3) is 0 Å². The molecule has 0 spiro atoms. The van der Waals surface area contributed by atoms with Crippen molar-refractivity contribution in [1.82, 2.24) is 4.90 Å². The van der Waals surface area contributed by atoms with Crippen LogP contribution in [0.2, 0.25) is 0 Å². The molecule has 0 atom stereocenters.